The lowest BCUT2D eigenvalue weighted by Gasteiger charge is -2.27. The van der Waals surface area contributed by atoms with Crippen LogP contribution in [0.1, 0.15) is 13.3 Å². The summed E-state index contributed by atoms with van der Waals surface area (Å²) in [6.45, 7) is 9.16. The van der Waals surface area contributed by atoms with E-state index in [2.05, 4.69) is 25.5 Å². The molecule has 0 saturated carbocycles. The van der Waals surface area contributed by atoms with E-state index in [1.165, 1.54) is 6.33 Å². The molecular weight excluding hydrogens is 242 g/mol. The van der Waals surface area contributed by atoms with Crippen molar-refractivity contribution in [3.8, 4) is 5.88 Å². The number of hydrogen-bond donors (Lipinski definition) is 2. The summed E-state index contributed by atoms with van der Waals surface area (Å²) in [6.07, 6.45) is 2.65. The third kappa shape index (κ3) is 5.00. The summed E-state index contributed by atoms with van der Waals surface area (Å²) < 4.78 is 5.34. The summed E-state index contributed by atoms with van der Waals surface area (Å²) in [5.41, 5.74) is 0. The van der Waals surface area contributed by atoms with Crippen molar-refractivity contribution in [3.63, 3.8) is 0 Å². The Hall–Kier alpha value is -1.40. The number of aromatic nitrogens is 2. The first-order valence-electron chi connectivity index (χ1n) is 7.00. The fourth-order valence-corrected chi connectivity index (χ4v) is 2.12. The number of nitrogens with one attached hydrogen (secondary N) is 2. The molecule has 2 heterocycles. The Balaban J connectivity index is 1.65. The Labute approximate surface area is 114 Å². The Bertz CT molecular complexity index is 368. The van der Waals surface area contributed by atoms with E-state index in [0.717, 1.165) is 51.5 Å². The van der Waals surface area contributed by atoms with Crippen molar-refractivity contribution in [2.75, 3.05) is 51.2 Å². The Kier molecular flexibility index (Phi) is 5.84. The molecule has 0 amide bonds. The molecule has 106 valence electrons. The molecule has 0 aliphatic carbocycles. The molecule has 1 aliphatic heterocycles. The maximum Gasteiger partial charge on any atom is 0.218 e. The molecular formula is C13H23N5O. The zero-order valence-electron chi connectivity index (χ0n) is 11.6. The van der Waals surface area contributed by atoms with Gasteiger partial charge in [-0.2, -0.15) is 0 Å². The summed E-state index contributed by atoms with van der Waals surface area (Å²) in [6, 6.07) is 1.84. The van der Waals surface area contributed by atoms with Gasteiger partial charge in [-0.05, 0) is 19.9 Å². The van der Waals surface area contributed by atoms with E-state index in [-0.39, 0.29) is 0 Å². The maximum absolute atomic E-state index is 5.34. The summed E-state index contributed by atoms with van der Waals surface area (Å²) in [4.78, 5) is 10.7. The zero-order chi connectivity index (χ0) is 13.3. The molecule has 1 aromatic heterocycles. The second-order valence-electron chi connectivity index (χ2n) is 4.55. The van der Waals surface area contributed by atoms with Gasteiger partial charge >= 0.3 is 0 Å². The van der Waals surface area contributed by atoms with Crippen LogP contribution in [0.4, 0.5) is 5.82 Å². The minimum atomic E-state index is 0.624. The molecule has 6 heteroatoms. The van der Waals surface area contributed by atoms with Crippen molar-refractivity contribution in [2.45, 2.75) is 13.3 Å². The molecule has 1 aliphatic rings. The monoisotopic (exact) mass is 265 g/mol. The lowest BCUT2D eigenvalue weighted by atomic mass is 10.3. The molecule has 0 spiro atoms. The summed E-state index contributed by atoms with van der Waals surface area (Å²) >= 11 is 0. The van der Waals surface area contributed by atoms with Gasteiger partial charge in [0.15, 0.2) is 0 Å². The normalized spacial score (nSPS) is 16.3. The van der Waals surface area contributed by atoms with Gasteiger partial charge in [0.1, 0.15) is 12.1 Å². The number of hydrogen-bond acceptors (Lipinski definition) is 6. The van der Waals surface area contributed by atoms with E-state index >= 15 is 0 Å². The largest absolute Gasteiger partial charge is 0.478 e. The quantitative estimate of drug-likeness (QED) is 0.703. The highest BCUT2D eigenvalue weighted by Gasteiger charge is 2.08. The molecule has 0 atom stereocenters. The Morgan fingerprint density at radius 1 is 1.37 bits per heavy atom. The van der Waals surface area contributed by atoms with Crippen molar-refractivity contribution in [2.24, 2.45) is 0 Å². The van der Waals surface area contributed by atoms with Gasteiger partial charge in [0, 0.05) is 38.8 Å². The van der Waals surface area contributed by atoms with Crippen LogP contribution < -0.4 is 15.4 Å². The molecule has 1 fully saturated rings. The van der Waals surface area contributed by atoms with Crippen molar-refractivity contribution >= 4 is 5.82 Å². The van der Waals surface area contributed by atoms with Crippen molar-refractivity contribution < 1.29 is 4.74 Å². The SMILES string of the molecule is CCOc1cc(NCCCN2CCNCC2)ncn1. The molecule has 2 N–H and O–H groups in total. The van der Waals surface area contributed by atoms with Gasteiger partial charge < -0.3 is 20.3 Å². The highest BCUT2D eigenvalue weighted by Crippen LogP contribution is 2.10. The third-order valence-corrected chi connectivity index (χ3v) is 3.10. The predicted molar refractivity (Wildman–Crippen MR) is 75.6 cm³/mol. The number of piperazine rings is 1. The Morgan fingerprint density at radius 2 is 2.21 bits per heavy atom. The van der Waals surface area contributed by atoms with Crippen LogP contribution in [0.5, 0.6) is 5.88 Å². The van der Waals surface area contributed by atoms with Crippen molar-refractivity contribution in [1.82, 2.24) is 20.2 Å². The predicted octanol–water partition coefficient (Wildman–Crippen LogP) is 0.583. The van der Waals surface area contributed by atoms with E-state index in [1.807, 2.05) is 13.0 Å². The van der Waals surface area contributed by atoms with Crippen LogP contribution in [0, 0.1) is 0 Å². The van der Waals surface area contributed by atoms with Gasteiger partial charge in [-0.25, -0.2) is 9.97 Å². The lowest BCUT2D eigenvalue weighted by molar-refractivity contribution is 0.240. The standard InChI is InChI=1S/C13H23N5O/c1-2-19-13-10-12(16-11-17-13)15-4-3-7-18-8-5-14-6-9-18/h10-11,14H,2-9H2,1H3,(H,15,16,17). The molecule has 0 radical (unpaired) electrons. The van der Waals surface area contributed by atoms with Crippen LogP contribution in [0.3, 0.4) is 0 Å². The number of anilines is 1. The third-order valence-electron chi connectivity index (χ3n) is 3.10. The fraction of sp³-hybridized carbons (Fsp3) is 0.692. The zero-order valence-corrected chi connectivity index (χ0v) is 11.6. The van der Waals surface area contributed by atoms with Gasteiger partial charge in [-0.15, -0.1) is 0 Å². The molecule has 2 rings (SSSR count). The van der Waals surface area contributed by atoms with Crippen LogP contribution in [0.25, 0.3) is 0 Å². The highest BCUT2D eigenvalue weighted by molar-refractivity contribution is 5.36. The number of nitrogens with zero attached hydrogens (tertiary/aromatic N) is 3. The lowest BCUT2D eigenvalue weighted by Crippen LogP contribution is -2.44. The van der Waals surface area contributed by atoms with E-state index in [1.54, 1.807) is 0 Å². The molecule has 6 nitrogen and oxygen atoms in total. The minimum absolute atomic E-state index is 0.624. The Morgan fingerprint density at radius 3 is 3.00 bits per heavy atom. The molecule has 1 aromatic rings. The van der Waals surface area contributed by atoms with Crippen LogP contribution in [0.15, 0.2) is 12.4 Å². The summed E-state index contributed by atoms with van der Waals surface area (Å²) in [5.74, 6) is 1.46. The van der Waals surface area contributed by atoms with E-state index < -0.39 is 0 Å². The van der Waals surface area contributed by atoms with Crippen molar-refractivity contribution in [1.29, 1.82) is 0 Å². The minimum Gasteiger partial charge on any atom is -0.478 e. The average molecular weight is 265 g/mol. The summed E-state index contributed by atoms with van der Waals surface area (Å²) in [5, 5.41) is 6.67. The van der Waals surface area contributed by atoms with Crippen LogP contribution >= 0.6 is 0 Å². The van der Waals surface area contributed by atoms with Crippen molar-refractivity contribution in [3.05, 3.63) is 12.4 Å². The average Bonchev–Trinajstić information content (AvgIpc) is 2.46. The first-order valence-corrected chi connectivity index (χ1v) is 7.00. The van der Waals surface area contributed by atoms with Crippen LogP contribution in [-0.2, 0) is 0 Å². The van der Waals surface area contributed by atoms with Gasteiger partial charge in [0.2, 0.25) is 5.88 Å². The van der Waals surface area contributed by atoms with Gasteiger partial charge in [0.25, 0.3) is 0 Å². The molecule has 1 saturated heterocycles. The van der Waals surface area contributed by atoms with Gasteiger partial charge in [0.05, 0.1) is 6.61 Å². The first-order chi connectivity index (χ1) is 9.38. The van der Waals surface area contributed by atoms with Crippen LogP contribution in [-0.4, -0.2) is 60.7 Å². The van der Waals surface area contributed by atoms with E-state index in [0.29, 0.717) is 12.5 Å². The fourth-order valence-electron chi connectivity index (χ4n) is 2.12. The molecule has 0 aromatic carbocycles. The molecule has 0 unspecified atom stereocenters. The number of ether oxygens (including phenoxy) is 1. The van der Waals surface area contributed by atoms with E-state index in [9.17, 15) is 0 Å². The first kappa shape index (κ1) is 14.0. The van der Waals surface area contributed by atoms with Gasteiger partial charge in [-0.1, -0.05) is 0 Å². The second-order valence-corrected chi connectivity index (χ2v) is 4.55. The summed E-state index contributed by atoms with van der Waals surface area (Å²) in [7, 11) is 0. The van der Waals surface area contributed by atoms with Crippen LogP contribution in [0.2, 0.25) is 0 Å². The second kappa shape index (κ2) is 7.91. The molecule has 19 heavy (non-hydrogen) atoms. The smallest absolute Gasteiger partial charge is 0.218 e. The van der Waals surface area contributed by atoms with Gasteiger partial charge in [-0.3, -0.25) is 0 Å². The topological polar surface area (TPSA) is 62.3 Å². The van der Waals surface area contributed by atoms with E-state index in [4.69, 9.17) is 4.74 Å². The highest BCUT2D eigenvalue weighted by atomic mass is 16.5. The molecule has 0 bridgehead atoms. The maximum atomic E-state index is 5.34. The number of rotatable bonds is 7.